The number of benzene rings is 1. The molecule has 4 rings (SSSR count). The highest BCUT2D eigenvalue weighted by molar-refractivity contribution is 8.01. The van der Waals surface area contributed by atoms with Gasteiger partial charge in [-0.05, 0) is 37.6 Å². The predicted octanol–water partition coefficient (Wildman–Crippen LogP) is 2.89. The van der Waals surface area contributed by atoms with Crippen LogP contribution in [0.1, 0.15) is 22.7 Å². The Morgan fingerprint density at radius 2 is 1.97 bits per heavy atom. The Labute approximate surface area is 181 Å². The molecule has 1 aromatic carbocycles. The summed E-state index contributed by atoms with van der Waals surface area (Å²) in [5, 5.41) is 15.8. The maximum atomic E-state index is 12.7. The van der Waals surface area contributed by atoms with Crippen LogP contribution >= 0.6 is 23.1 Å². The van der Waals surface area contributed by atoms with Gasteiger partial charge >= 0.3 is 0 Å². The van der Waals surface area contributed by atoms with Gasteiger partial charge in [0.15, 0.2) is 10.0 Å². The molecule has 30 heavy (non-hydrogen) atoms. The lowest BCUT2D eigenvalue weighted by molar-refractivity contribution is -0.137. The number of carbonyl (C=O) groups excluding carboxylic acids is 2. The second kappa shape index (κ2) is 8.84. The number of rotatable bonds is 6. The number of aryl methyl sites for hydroxylation is 1. The number of amides is 2. The number of ether oxygens (including phenoxy) is 1. The summed E-state index contributed by atoms with van der Waals surface area (Å²) < 4.78 is 10.8. The topological polar surface area (TPSA) is 102 Å². The lowest BCUT2D eigenvalue weighted by atomic mass is 10.2. The first-order valence-electron chi connectivity index (χ1n) is 9.21. The molecule has 0 radical (unpaired) electrons. The molecule has 2 amide bonds. The van der Waals surface area contributed by atoms with Crippen LogP contribution in [0.25, 0.3) is 10.6 Å². The van der Waals surface area contributed by atoms with E-state index < -0.39 is 0 Å². The molecule has 0 atom stereocenters. The van der Waals surface area contributed by atoms with E-state index in [1.165, 1.54) is 33.1 Å². The standard InChI is InChI=1S/C19H19N5O4S2/c1-12-10-15(22-28-12)18(26)24-9-3-8-23(24)16(25)11-29-19-21-20-17(30-19)13-4-6-14(27-2)7-5-13/h4-7,10H,3,8-9,11H2,1-2H3. The van der Waals surface area contributed by atoms with Crippen LogP contribution in [-0.4, -0.2) is 63.1 Å². The van der Waals surface area contributed by atoms with Crippen molar-refractivity contribution in [3.63, 3.8) is 0 Å². The Bertz CT molecular complexity index is 1050. The van der Waals surface area contributed by atoms with E-state index in [4.69, 9.17) is 9.26 Å². The van der Waals surface area contributed by atoms with E-state index in [2.05, 4.69) is 15.4 Å². The molecule has 3 heterocycles. The quantitative estimate of drug-likeness (QED) is 0.534. The van der Waals surface area contributed by atoms with Crippen LogP contribution in [0.3, 0.4) is 0 Å². The number of aromatic nitrogens is 3. The van der Waals surface area contributed by atoms with Crippen LogP contribution < -0.4 is 4.74 Å². The van der Waals surface area contributed by atoms with E-state index in [-0.39, 0.29) is 23.3 Å². The van der Waals surface area contributed by atoms with Gasteiger partial charge in [0, 0.05) is 24.7 Å². The fourth-order valence-corrected chi connectivity index (χ4v) is 4.72. The third kappa shape index (κ3) is 4.31. The summed E-state index contributed by atoms with van der Waals surface area (Å²) in [6.07, 6.45) is 0.722. The summed E-state index contributed by atoms with van der Waals surface area (Å²) in [6, 6.07) is 9.13. The average Bonchev–Trinajstić information content (AvgIpc) is 3.52. The molecule has 0 saturated carbocycles. The maximum absolute atomic E-state index is 12.7. The number of thioether (sulfide) groups is 1. The molecule has 0 N–H and O–H groups in total. The van der Waals surface area contributed by atoms with Crippen molar-refractivity contribution >= 4 is 34.9 Å². The maximum Gasteiger partial charge on any atom is 0.294 e. The third-order valence-corrected chi connectivity index (χ3v) is 6.55. The summed E-state index contributed by atoms with van der Waals surface area (Å²) in [4.78, 5) is 25.4. The molecule has 0 unspecified atom stereocenters. The third-order valence-electron chi connectivity index (χ3n) is 4.46. The van der Waals surface area contributed by atoms with Gasteiger partial charge in [0.2, 0.25) is 0 Å². The monoisotopic (exact) mass is 445 g/mol. The molecule has 0 aliphatic carbocycles. The summed E-state index contributed by atoms with van der Waals surface area (Å²) >= 11 is 2.73. The minimum Gasteiger partial charge on any atom is -0.497 e. The van der Waals surface area contributed by atoms with E-state index in [1.807, 2.05) is 24.3 Å². The number of hydrogen-bond acceptors (Lipinski definition) is 9. The van der Waals surface area contributed by atoms with Crippen LogP contribution in [-0.2, 0) is 4.79 Å². The van der Waals surface area contributed by atoms with E-state index in [0.29, 0.717) is 23.2 Å². The lowest BCUT2D eigenvalue weighted by Crippen LogP contribution is -2.45. The molecule has 156 valence electrons. The molecule has 1 fully saturated rings. The molecule has 1 saturated heterocycles. The highest BCUT2D eigenvalue weighted by Crippen LogP contribution is 2.30. The molecule has 0 bridgehead atoms. The van der Waals surface area contributed by atoms with Crippen LogP contribution in [0, 0.1) is 6.92 Å². The van der Waals surface area contributed by atoms with Gasteiger partial charge in [0.05, 0.1) is 12.9 Å². The zero-order chi connectivity index (χ0) is 21.1. The zero-order valence-electron chi connectivity index (χ0n) is 16.4. The Hall–Kier alpha value is -2.92. The summed E-state index contributed by atoms with van der Waals surface area (Å²) in [5.74, 6) is 0.996. The number of carbonyl (C=O) groups is 2. The largest absolute Gasteiger partial charge is 0.497 e. The second-order valence-electron chi connectivity index (χ2n) is 6.51. The van der Waals surface area contributed by atoms with Crippen LogP contribution in [0.2, 0.25) is 0 Å². The molecule has 1 aliphatic rings. The van der Waals surface area contributed by atoms with E-state index in [1.54, 1.807) is 20.1 Å². The molecule has 9 nitrogen and oxygen atoms in total. The lowest BCUT2D eigenvalue weighted by Gasteiger charge is -2.26. The van der Waals surface area contributed by atoms with Gasteiger partial charge in [-0.1, -0.05) is 28.3 Å². The minimum absolute atomic E-state index is 0.160. The van der Waals surface area contributed by atoms with Gasteiger partial charge < -0.3 is 9.26 Å². The Kier molecular flexibility index (Phi) is 6.00. The molecule has 11 heteroatoms. The summed E-state index contributed by atoms with van der Waals surface area (Å²) in [5.41, 5.74) is 1.14. The Morgan fingerprint density at radius 3 is 2.67 bits per heavy atom. The van der Waals surface area contributed by atoms with Gasteiger partial charge in [-0.15, -0.1) is 10.2 Å². The van der Waals surface area contributed by atoms with Crippen molar-refractivity contribution in [3.05, 3.63) is 41.8 Å². The second-order valence-corrected chi connectivity index (χ2v) is 8.71. The van der Waals surface area contributed by atoms with Crippen molar-refractivity contribution in [3.8, 4) is 16.3 Å². The van der Waals surface area contributed by atoms with Crippen LogP contribution in [0.4, 0.5) is 0 Å². The van der Waals surface area contributed by atoms with E-state index in [9.17, 15) is 9.59 Å². The number of methoxy groups -OCH3 is 1. The first-order valence-corrected chi connectivity index (χ1v) is 11.0. The van der Waals surface area contributed by atoms with Crippen molar-refractivity contribution in [2.45, 2.75) is 17.7 Å². The van der Waals surface area contributed by atoms with Crippen molar-refractivity contribution in [2.75, 3.05) is 26.0 Å². The van der Waals surface area contributed by atoms with Crippen molar-refractivity contribution < 1.29 is 18.8 Å². The highest BCUT2D eigenvalue weighted by Gasteiger charge is 2.32. The van der Waals surface area contributed by atoms with Crippen molar-refractivity contribution in [1.29, 1.82) is 0 Å². The average molecular weight is 446 g/mol. The van der Waals surface area contributed by atoms with Gasteiger partial charge in [-0.2, -0.15) is 0 Å². The van der Waals surface area contributed by atoms with Crippen molar-refractivity contribution in [1.82, 2.24) is 25.4 Å². The first kappa shape index (κ1) is 20.4. The van der Waals surface area contributed by atoms with E-state index >= 15 is 0 Å². The molecule has 0 spiro atoms. The molecule has 2 aromatic heterocycles. The van der Waals surface area contributed by atoms with Gasteiger partial charge in [-0.25, -0.2) is 5.01 Å². The smallest absolute Gasteiger partial charge is 0.294 e. The minimum atomic E-state index is -0.333. The SMILES string of the molecule is COc1ccc(-c2nnc(SCC(=O)N3CCCN3C(=O)c3cc(C)on3)s2)cc1. The molecule has 1 aliphatic heterocycles. The fourth-order valence-electron chi connectivity index (χ4n) is 3.00. The first-order chi connectivity index (χ1) is 14.5. The summed E-state index contributed by atoms with van der Waals surface area (Å²) in [6.45, 7) is 2.69. The van der Waals surface area contributed by atoms with Gasteiger partial charge in [0.25, 0.3) is 11.8 Å². The molecule has 3 aromatic rings. The normalized spacial score (nSPS) is 13.7. The number of hydrogen-bond donors (Lipinski definition) is 0. The van der Waals surface area contributed by atoms with Crippen LogP contribution in [0.5, 0.6) is 5.75 Å². The molecular weight excluding hydrogens is 426 g/mol. The summed E-state index contributed by atoms with van der Waals surface area (Å²) in [7, 11) is 1.62. The number of hydrazine groups is 1. The Morgan fingerprint density at radius 1 is 1.20 bits per heavy atom. The fraction of sp³-hybridized carbons (Fsp3) is 0.316. The highest BCUT2D eigenvalue weighted by atomic mass is 32.2. The molecular formula is C19H19N5O4S2. The van der Waals surface area contributed by atoms with E-state index in [0.717, 1.165) is 22.7 Å². The van der Waals surface area contributed by atoms with Crippen molar-refractivity contribution in [2.24, 2.45) is 0 Å². The Balaban J connectivity index is 1.37. The van der Waals surface area contributed by atoms with Gasteiger partial charge in [-0.3, -0.25) is 14.6 Å². The number of nitrogens with zero attached hydrogens (tertiary/aromatic N) is 5. The predicted molar refractivity (Wildman–Crippen MR) is 111 cm³/mol. The van der Waals surface area contributed by atoms with Gasteiger partial charge in [0.1, 0.15) is 16.5 Å². The van der Waals surface area contributed by atoms with Crippen LogP contribution in [0.15, 0.2) is 39.2 Å². The zero-order valence-corrected chi connectivity index (χ0v) is 18.0.